The number of benzene rings is 3. The number of nitrogens with one attached hydrogen (secondary N) is 1. The summed E-state index contributed by atoms with van der Waals surface area (Å²) in [5.74, 6) is -0.256. The van der Waals surface area contributed by atoms with Crippen LogP contribution in [0.5, 0.6) is 5.75 Å². The van der Waals surface area contributed by atoms with Crippen molar-refractivity contribution in [1.82, 2.24) is 10.2 Å². The topological polar surface area (TPSA) is 96.0 Å². The van der Waals surface area contributed by atoms with E-state index in [0.717, 1.165) is 27.3 Å². The molecular formula is C31H39N3O5S. The molecule has 0 bridgehead atoms. The maximum atomic E-state index is 14.1. The molecule has 9 heteroatoms. The summed E-state index contributed by atoms with van der Waals surface area (Å²) in [5, 5.41) is 2.98. The maximum absolute atomic E-state index is 14.1. The van der Waals surface area contributed by atoms with Gasteiger partial charge in [0.25, 0.3) is 0 Å². The molecule has 0 aliphatic carbocycles. The Balaban J connectivity index is 2.06. The second kappa shape index (κ2) is 14.0. The van der Waals surface area contributed by atoms with Gasteiger partial charge in [-0.05, 0) is 36.1 Å². The van der Waals surface area contributed by atoms with E-state index in [0.29, 0.717) is 12.3 Å². The summed E-state index contributed by atoms with van der Waals surface area (Å²) in [5.41, 5.74) is 3.03. The van der Waals surface area contributed by atoms with Gasteiger partial charge in [-0.25, -0.2) is 8.42 Å². The van der Waals surface area contributed by atoms with Crippen LogP contribution in [0.1, 0.15) is 30.5 Å². The molecule has 0 saturated carbocycles. The van der Waals surface area contributed by atoms with Gasteiger partial charge in [0.1, 0.15) is 18.3 Å². The summed E-state index contributed by atoms with van der Waals surface area (Å²) in [4.78, 5) is 29.2. The van der Waals surface area contributed by atoms with Gasteiger partial charge in [-0.2, -0.15) is 0 Å². The molecule has 3 rings (SSSR count). The van der Waals surface area contributed by atoms with Crippen LogP contribution in [0.3, 0.4) is 0 Å². The van der Waals surface area contributed by atoms with Crippen molar-refractivity contribution in [2.45, 2.75) is 39.8 Å². The van der Waals surface area contributed by atoms with Crippen LogP contribution < -0.4 is 14.4 Å². The summed E-state index contributed by atoms with van der Waals surface area (Å²) >= 11 is 0. The Hall–Kier alpha value is -3.85. The Morgan fingerprint density at radius 2 is 1.52 bits per heavy atom. The van der Waals surface area contributed by atoms with Gasteiger partial charge in [0.2, 0.25) is 21.8 Å². The molecule has 1 N–H and O–H groups in total. The summed E-state index contributed by atoms with van der Waals surface area (Å²) in [6, 6.07) is 23.0. The Bertz CT molecular complexity index is 1380. The molecule has 40 heavy (non-hydrogen) atoms. The summed E-state index contributed by atoms with van der Waals surface area (Å²) < 4.78 is 32.3. The maximum Gasteiger partial charge on any atom is 0.244 e. The molecule has 214 valence electrons. The molecule has 0 spiro atoms. The van der Waals surface area contributed by atoms with Crippen molar-refractivity contribution in [1.29, 1.82) is 0 Å². The minimum Gasteiger partial charge on any atom is -0.495 e. The van der Waals surface area contributed by atoms with Gasteiger partial charge in [-0.3, -0.25) is 13.9 Å². The summed E-state index contributed by atoms with van der Waals surface area (Å²) in [7, 11) is -2.43. The predicted molar refractivity (Wildman–Crippen MR) is 159 cm³/mol. The van der Waals surface area contributed by atoms with Crippen molar-refractivity contribution in [3.63, 3.8) is 0 Å². The van der Waals surface area contributed by atoms with Gasteiger partial charge in [-0.1, -0.05) is 86.1 Å². The number of amides is 2. The lowest BCUT2D eigenvalue weighted by atomic mass is 10.0. The molecule has 1 atom stereocenters. The smallest absolute Gasteiger partial charge is 0.244 e. The fourth-order valence-electron chi connectivity index (χ4n) is 4.30. The van der Waals surface area contributed by atoms with E-state index in [1.54, 1.807) is 24.3 Å². The van der Waals surface area contributed by atoms with Crippen LogP contribution in [0.2, 0.25) is 0 Å². The SMILES string of the molecule is COc1ccccc1N(CC(=O)N(Cc1ccc(C)cc1)[C@H](Cc1ccccc1)C(=O)NCC(C)C)S(C)(=O)=O. The molecule has 0 radical (unpaired) electrons. The Morgan fingerprint density at radius 1 is 0.900 bits per heavy atom. The quantitative estimate of drug-likeness (QED) is 0.336. The van der Waals surface area contributed by atoms with Gasteiger partial charge in [0.15, 0.2) is 0 Å². The van der Waals surface area contributed by atoms with E-state index >= 15 is 0 Å². The molecule has 0 aliphatic rings. The highest BCUT2D eigenvalue weighted by Gasteiger charge is 2.33. The molecule has 0 unspecified atom stereocenters. The summed E-state index contributed by atoms with van der Waals surface area (Å²) in [6.07, 6.45) is 1.32. The molecule has 3 aromatic rings. The van der Waals surface area contributed by atoms with Crippen molar-refractivity contribution in [3.05, 3.63) is 95.6 Å². The lowest BCUT2D eigenvalue weighted by Gasteiger charge is -2.34. The lowest BCUT2D eigenvalue weighted by Crippen LogP contribution is -2.53. The third-order valence-corrected chi connectivity index (χ3v) is 7.59. The number of hydrogen-bond donors (Lipinski definition) is 1. The van der Waals surface area contributed by atoms with Crippen LogP contribution >= 0.6 is 0 Å². The number of carbonyl (C=O) groups is 2. The molecule has 3 aromatic carbocycles. The molecule has 8 nitrogen and oxygen atoms in total. The van der Waals surface area contributed by atoms with Crippen LogP contribution in [0, 0.1) is 12.8 Å². The summed E-state index contributed by atoms with van der Waals surface area (Å²) in [6.45, 7) is 6.07. The third-order valence-electron chi connectivity index (χ3n) is 6.46. The first-order chi connectivity index (χ1) is 19.0. The largest absolute Gasteiger partial charge is 0.495 e. The highest BCUT2D eigenvalue weighted by molar-refractivity contribution is 7.92. The van der Waals surface area contributed by atoms with Crippen LogP contribution in [-0.4, -0.2) is 57.6 Å². The average Bonchev–Trinajstić information content (AvgIpc) is 2.93. The van der Waals surface area contributed by atoms with Crippen molar-refractivity contribution >= 4 is 27.5 Å². The molecular weight excluding hydrogens is 526 g/mol. The molecule has 0 heterocycles. The molecule has 2 amide bonds. The van der Waals surface area contributed by atoms with E-state index in [1.807, 2.05) is 75.4 Å². The first-order valence-corrected chi connectivity index (χ1v) is 15.1. The zero-order valence-electron chi connectivity index (χ0n) is 23.8. The van der Waals surface area contributed by atoms with E-state index in [2.05, 4.69) is 5.32 Å². The van der Waals surface area contributed by atoms with Gasteiger partial charge in [-0.15, -0.1) is 0 Å². The van der Waals surface area contributed by atoms with Gasteiger partial charge in [0, 0.05) is 19.5 Å². The number of rotatable bonds is 13. The molecule has 0 saturated heterocycles. The van der Waals surface area contributed by atoms with Gasteiger partial charge in [0.05, 0.1) is 19.1 Å². The first-order valence-electron chi connectivity index (χ1n) is 13.3. The number of para-hydroxylation sites is 2. The number of nitrogens with zero attached hydrogens (tertiary/aromatic N) is 2. The number of anilines is 1. The van der Waals surface area contributed by atoms with Crippen LogP contribution in [-0.2, 0) is 32.6 Å². The molecule has 0 fully saturated rings. The van der Waals surface area contributed by atoms with E-state index in [-0.39, 0.29) is 30.5 Å². The Morgan fingerprint density at radius 3 is 2.12 bits per heavy atom. The van der Waals surface area contributed by atoms with Crippen LogP contribution in [0.4, 0.5) is 5.69 Å². The highest BCUT2D eigenvalue weighted by Crippen LogP contribution is 2.30. The molecule has 0 aliphatic heterocycles. The fraction of sp³-hybridized carbons (Fsp3) is 0.355. The van der Waals surface area contributed by atoms with Crippen LogP contribution in [0.25, 0.3) is 0 Å². The third kappa shape index (κ3) is 8.58. The number of carbonyl (C=O) groups excluding carboxylic acids is 2. The predicted octanol–water partition coefficient (Wildman–Crippen LogP) is 4.18. The minimum absolute atomic E-state index is 0.134. The van der Waals surface area contributed by atoms with Gasteiger partial charge >= 0.3 is 0 Å². The zero-order chi connectivity index (χ0) is 29.3. The van der Waals surface area contributed by atoms with Crippen LogP contribution in [0.15, 0.2) is 78.9 Å². The number of ether oxygens (including phenoxy) is 1. The number of methoxy groups -OCH3 is 1. The fourth-order valence-corrected chi connectivity index (χ4v) is 5.15. The first kappa shape index (κ1) is 30.7. The number of aryl methyl sites for hydroxylation is 1. The number of hydrogen-bond acceptors (Lipinski definition) is 5. The van der Waals surface area contributed by atoms with Crippen molar-refractivity contribution < 1.29 is 22.7 Å². The zero-order valence-corrected chi connectivity index (χ0v) is 24.6. The Labute approximate surface area is 238 Å². The Kier molecular flexibility index (Phi) is 10.7. The van der Waals surface area contributed by atoms with E-state index in [4.69, 9.17) is 4.74 Å². The van der Waals surface area contributed by atoms with Crippen molar-refractivity contribution in [2.24, 2.45) is 5.92 Å². The van der Waals surface area contributed by atoms with E-state index in [9.17, 15) is 18.0 Å². The molecule has 0 aromatic heterocycles. The van der Waals surface area contributed by atoms with E-state index in [1.165, 1.54) is 12.0 Å². The second-order valence-corrected chi connectivity index (χ2v) is 12.2. The minimum atomic E-state index is -3.88. The van der Waals surface area contributed by atoms with Crippen molar-refractivity contribution in [2.75, 3.05) is 30.8 Å². The highest BCUT2D eigenvalue weighted by atomic mass is 32.2. The lowest BCUT2D eigenvalue weighted by molar-refractivity contribution is -0.140. The van der Waals surface area contributed by atoms with Gasteiger partial charge < -0.3 is 15.0 Å². The van der Waals surface area contributed by atoms with E-state index < -0.39 is 28.5 Å². The van der Waals surface area contributed by atoms with Crippen molar-refractivity contribution in [3.8, 4) is 5.75 Å². The normalized spacial score (nSPS) is 12.1. The monoisotopic (exact) mass is 565 g/mol. The second-order valence-electron chi connectivity index (χ2n) is 10.3. The average molecular weight is 566 g/mol. The number of sulfonamides is 1. The standard InChI is InChI=1S/C31H39N3O5S/c1-23(2)20-32-31(36)28(19-25-11-7-6-8-12-25)33(21-26-17-15-24(3)16-18-26)30(35)22-34(40(5,37)38)27-13-9-10-14-29(27)39-4/h6-18,23,28H,19-22H2,1-5H3,(H,32,36)/t28-/m1/s1.